The molecule has 0 radical (unpaired) electrons. The zero-order valence-corrected chi connectivity index (χ0v) is 15.6. The molecule has 28 heavy (non-hydrogen) atoms. The molecule has 2 amide bonds. The van der Waals surface area contributed by atoms with Gasteiger partial charge in [-0.05, 0) is 43.2 Å². The highest BCUT2D eigenvalue weighted by Crippen LogP contribution is 2.33. The quantitative estimate of drug-likeness (QED) is 0.640. The number of aliphatic hydroxyl groups excluding tert-OH is 1. The van der Waals surface area contributed by atoms with E-state index in [9.17, 15) is 9.90 Å². The Balaban J connectivity index is 1.75. The van der Waals surface area contributed by atoms with Gasteiger partial charge >= 0.3 is 6.03 Å². The first-order valence-corrected chi connectivity index (χ1v) is 9.33. The van der Waals surface area contributed by atoms with Crippen LogP contribution < -0.4 is 11.1 Å². The first-order valence-electron chi connectivity index (χ1n) is 9.33. The molecule has 1 fully saturated rings. The van der Waals surface area contributed by atoms with Crippen LogP contribution in [0.15, 0.2) is 36.5 Å². The third-order valence-corrected chi connectivity index (χ3v) is 4.99. The number of carbonyl (C=O) groups excluding carboxylic acids is 1. The number of benzene rings is 1. The van der Waals surface area contributed by atoms with Gasteiger partial charge in [-0.2, -0.15) is 5.10 Å². The van der Waals surface area contributed by atoms with Gasteiger partial charge in [-0.15, -0.1) is 5.10 Å². The fourth-order valence-corrected chi connectivity index (χ4v) is 3.62. The van der Waals surface area contributed by atoms with Crippen LogP contribution in [0.4, 0.5) is 10.5 Å². The van der Waals surface area contributed by atoms with Crippen LogP contribution in [-0.2, 0) is 7.05 Å². The average molecular weight is 381 g/mol. The molecule has 1 aliphatic carbocycles. The molecule has 2 aromatic heterocycles. The van der Waals surface area contributed by atoms with E-state index in [0.29, 0.717) is 23.0 Å². The molecule has 146 valence electrons. The molecule has 0 aliphatic heterocycles. The Morgan fingerprint density at radius 2 is 1.93 bits per heavy atom. The lowest BCUT2D eigenvalue weighted by Gasteiger charge is -2.28. The Morgan fingerprint density at radius 1 is 1.18 bits per heavy atom. The van der Waals surface area contributed by atoms with Gasteiger partial charge < -0.3 is 16.2 Å². The molecule has 4 N–H and O–H groups in total. The zero-order valence-electron chi connectivity index (χ0n) is 15.6. The Morgan fingerprint density at radius 3 is 2.57 bits per heavy atom. The van der Waals surface area contributed by atoms with E-state index in [-0.39, 0.29) is 6.04 Å². The molecule has 0 unspecified atom stereocenters. The standard InChI is InChI=1S/C19H23N7O2/c1-25-11-10-14(23-25)17-22-18(12-6-8-13(9-7-12)21-19(20)28)26(24-17)15-4-2-3-5-16(15)27/h6-11,15-16,27H,2-5H2,1H3,(H3,20,21,28)/t15-,16-/m1/s1. The topological polar surface area (TPSA) is 124 Å². The number of amides is 2. The summed E-state index contributed by atoms with van der Waals surface area (Å²) >= 11 is 0. The summed E-state index contributed by atoms with van der Waals surface area (Å²) in [6.07, 6.45) is 5.05. The summed E-state index contributed by atoms with van der Waals surface area (Å²) in [5, 5.41) is 22.2. The van der Waals surface area contributed by atoms with E-state index >= 15 is 0 Å². The molecule has 9 nitrogen and oxygen atoms in total. The van der Waals surface area contributed by atoms with Crippen molar-refractivity contribution in [2.24, 2.45) is 12.8 Å². The smallest absolute Gasteiger partial charge is 0.316 e. The average Bonchev–Trinajstić information content (AvgIpc) is 3.29. The van der Waals surface area contributed by atoms with Crippen molar-refractivity contribution in [3.63, 3.8) is 0 Å². The van der Waals surface area contributed by atoms with Gasteiger partial charge in [-0.3, -0.25) is 4.68 Å². The van der Waals surface area contributed by atoms with E-state index in [1.807, 2.05) is 36.1 Å². The van der Waals surface area contributed by atoms with Crippen LogP contribution >= 0.6 is 0 Å². The second-order valence-electron chi connectivity index (χ2n) is 7.06. The summed E-state index contributed by atoms with van der Waals surface area (Å²) in [4.78, 5) is 15.7. The van der Waals surface area contributed by atoms with E-state index in [1.165, 1.54) is 0 Å². The predicted molar refractivity (Wildman–Crippen MR) is 104 cm³/mol. The zero-order chi connectivity index (χ0) is 19.7. The second kappa shape index (κ2) is 7.43. The van der Waals surface area contributed by atoms with Crippen molar-refractivity contribution < 1.29 is 9.90 Å². The third-order valence-electron chi connectivity index (χ3n) is 4.99. The van der Waals surface area contributed by atoms with Crippen molar-refractivity contribution >= 4 is 11.7 Å². The number of nitrogens with zero attached hydrogens (tertiary/aromatic N) is 5. The summed E-state index contributed by atoms with van der Waals surface area (Å²) in [5.41, 5.74) is 7.28. The summed E-state index contributed by atoms with van der Waals surface area (Å²) < 4.78 is 3.53. The highest BCUT2D eigenvalue weighted by molar-refractivity contribution is 5.88. The largest absolute Gasteiger partial charge is 0.391 e. The van der Waals surface area contributed by atoms with Gasteiger partial charge in [0.1, 0.15) is 5.69 Å². The molecule has 9 heteroatoms. The van der Waals surface area contributed by atoms with E-state index in [4.69, 9.17) is 15.8 Å². The van der Waals surface area contributed by atoms with Crippen molar-refractivity contribution in [2.45, 2.75) is 37.8 Å². The maximum atomic E-state index is 11.0. The lowest BCUT2D eigenvalue weighted by Crippen LogP contribution is -2.28. The van der Waals surface area contributed by atoms with Crippen LogP contribution in [-0.4, -0.2) is 41.8 Å². The Hall–Kier alpha value is -3.20. The van der Waals surface area contributed by atoms with Gasteiger partial charge in [0.25, 0.3) is 0 Å². The van der Waals surface area contributed by atoms with Crippen LogP contribution in [0.3, 0.4) is 0 Å². The summed E-state index contributed by atoms with van der Waals surface area (Å²) in [7, 11) is 1.84. The minimum absolute atomic E-state index is 0.128. The monoisotopic (exact) mass is 381 g/mol. The number of anilines is 1. The highest BCUT2D eigenvalue weighted by atomic mass is 16.3. The van der Waals surface area contributed by atoms with E-state index in [1.54, 1.807) is 16.8 Å². The van der Waals surface area contributed by atoms with Crippen molar-refractivity contribution in [3.05, 3.63) is 36.5 Å². The fraction of sp³-hybridized carbons (Fsp3) is 0.368. The molecule has 3 aromatic rings. The molecule has 1 aliphatic rings. The number of rotatable bonds is 4. The maximum Gasteiger partial charge on any atom is 0.316 e. The van der Waals surface area contributed by atoms with Crippen LogP contribution in [0.25, 0.3) is 22.9 Å². The minimum Gasteiger partial charge on any atom is -0.391 e. The second-order valence-corrected chi connectivity index (χ2v) is 7.06. The van der Waals surface area contributed by atoms with Crippen LogP contribution in [0, 0.1) is 0 Å². The van der Waals surface area contributed by atoms with Crippen molar-refractivity contribution in [1.29, 1.82) is 0 Å². The number of hydrogen-bond acceptors (Lipinski definition) is 5. The van der Waals surface area contributed by atoms with Crippen molar-refractivity contribution in [2.75, 3.05) is 5.32 Å². The molecule has 2 atom stereocenters. The van der Waals surface area contributed by atoms with Crippen LogP contribution in [0.5, 0.6) is 0 Å². The molecular weight excluding hydrogens is 358 g/mol. The molecule has 4 rings (SSSR count). The summed E-state index contributed by atoms with van der Waals surface area (Å²) in [6.45, 7) is 0. The van der Waals surface area contributed by atoms with Gasteiger partial charge in [0.05, 0.1) is 12.1 Å². The molecular formula is C19H23N7O2. The first kappa shape index (κ1) is 18.2. The van der Waals surface area contributed by atoms with Crippen LogP contribution in [0.1, 0.15) is 31.7 Å². The number of primary amides is 1. The van der Waals surface area contributed by atoms with E-state index in [2.05, 4.69) is 10.4 Å². The summed E-state index contributed by atoms with van der Waals surface area (Å²) in [5.74, 6) is 1.19. The normalized spacial score (nSPS) is 19.5. The van der Waals surface area contributed by atoms with Gasteiger partial charge in [-0.1, -0.05) is 12.8 Å². The number of urea groups is 1. The molecule has 2 heterocycles. The molecule has 1 saturated carbocycles. The van der Waals surface area contributed by atoms with Crippen LogP contribution in [0.2, 0.25) is 0 Å². The molecule has 0 bridgehead atoms. The number of nitrogens with one attached hydrogen (secondary N) is 1. The lowest BCUT2D eigenvalue weighted by molar-refractivity contribution is 0.0703. The Bertz CT molecular complexity index is 977. The van der Waals surface area contributed by atoms with Crippen molar-refractivity contribution in [3.8, 4) is 22.9 Å². The number of aryl methyl sites for hydroxylation is 1. The van der Waals surface area contributed by atoms with Gasteiger partial charge in [0, 0.05) is 24.5 Å². The number of nitrogens with two attached hydrogens (primary N) is 1. The number of hydrogen-bond donors (Lipinski definition) is 3. The number of carbonyl (C=O) groups is 1. The lowest BCUT2D eigenvalue weighted by atomic mass is 9.92. The third kappa shape index (κ3) is 3.61. The molecule has 1 aromatic carbocycles. The van der Waals surface area contributed by atoms with Crippen molar-refractivity contribution in [1.82, 2.24) is 24.5 Å². The fourth-order valence-electron chi connectivity index (χ4n) is 3.62. The minimum atomic E-state index is -0.612. The first-order chi connectivity index (χ1) is 13.5. The highest BCUT2D eigenvalue weighted by Gasteiger charge is 2.29. The SMILES string of the molecule is Cn1ccc(-c2nc(-c3ccc(NC(N)=O)cc3)n([C@@H]3CCCC[C@H]3O)n2)n1. The molecule has 0 spiro atoms. The summed E-state index contributed by atoms with van der Waals surface area (Å²) in [6, 6.07) is 8.34. The van der Waals surface area contributed by atoms with E-state index < -0.39 is 12.1 Å². The van der Waals surface area contributed by atoms with E-state index in [0.717, 1.165) is 31.2 Å². The number of aromatic nitrogens is 5. The van der Waals surface area contributed by atoms with Gasteiger partial charge in [0.15, 0.2) is 5.82 Å². The predicted octanol–water partition coefficient (Wildman–Crippen LogP) is 2.31. The Labute approximate surface area is 162 Å². The van der Waals surface area contributed by atoms with Gasteiger partial charge in [-0.25, -0.2) is 14.5 Å². The van der Waals surface area contributed by atoms with Gasteiger partial charge in [0.2, 0.25) is 5.82 Å². The number of aliphatic hydroxyl groups is 1. The Kier molecular flexibility index (Phi) is 4.82. The maximum absolute atomic E-state index is 11.0. The molecule has 0 saturated heterocycles.